The zero-order valence-corrected chi connectivity index (χ0v) is 19.0. The molecule has 0 spiro atoms. The van der Waals surface area contributed by atoms with Gasteiger partial charge in [0, 0.05) is 17.8 Å². The van der Waals surface area contributed by atoms with Crippen molar-refractivity contribution in [2.75, 3.05) is 0 Å². The lowest BCUT2D eigenvalue weighted by Crippen LogP contribution is -2.23. The van der Waals surface area contributed by atoms with Gasteiger partial charge in [0.25, 0.3) is 5.91 Å². The lowest BCUT2D eigenvalue weighted by atomic mass is 10.2. The normalized spacial score (nSPS) is 10.8. The van der Waals surface area contributed by atoms with Crippen LogP contribution in [0, 0.1) is 0 Å². The maximum atomic E-state index is 12.4. The molecule has 0 aliphatic carbocycles. The molecule has 5 rings (SSSR count). The van der Waals surface area contributed by atoms with Gasteiger partial charge in [-0.15, -0.1) is 10.2 Å². The molecular weight excluding hydrogens is 446 g/mol. The largest absolute Gasteiger partial charge is 0.447 e. The van der Waals surface area contributed by atoms with Gasteiger partial charge < -0.3 is 9.73 Å². The van der Waals surface area contributed by atoms with Crippen LogP contribution in [-0.4, -0.2) is 25.7 Å². The highest BCUT2D eigenvalue weighted by molar-refractivity contribution is 7.98. The molecule has 168 valence electrons. The standard InChI is InChI=1S/C26H21N5O2S/c32-25(27-16-19-10-4-1-5-11-19)22-17-33-23(28-22)18-34-26-30-29-24(20-12-6-2-7-13-20)31(26)21-14-8-3-9-15-21/h1-15,17H,16,18H2,(H,27,32). The summed E-state index contributed by atoms with van der Waals surface area (Å²) in [5.74, 6) is 1.33. The minimum absolute atomic E-state index is 0.251. The first-order valence-electron chi connectivity index (χ1n) is 10.7. The number of amides is 1. The van der Waals surface area contributed by atoms with Gasteiger partial charge >= 0.3 is 0 Å². The predicted octanol–water partition coefficient (Wildman–Crippen LogP) is 5.14. The summed E-state index contributed by atoms with van der Waals surface area (Å²) in [6, 6.07) is 29.6. The molecule has 0 unspecified atom stereocenters. The summed E-state index contributed by atoms with van der Waals surface area (Å²) >= 11 is 1.45. The first-order valence-corrected chi connectivity index (χ1v) is 11.7. The molecule has 34 heavy (non-hydrogen) atoms. The van der Waals surface area contributed by atoms with Crippen molar-refractivity contribution in [2.24, 2.45) is 0 Å². The number of benzene rings is 3. The molecule has 1 amide bonds. The van der Waals surface area contributed by atoms with Gasteiger partial charge in [0.05, 0.1) is 5.75 Å². The van der Waals surface area contributed by atoms with Crippen molar-refractivity contribution >= 4 is 17.7 Å². The monoisotopic (exact) mass is 467 g/mol. The van der Waals surface area contributed by atoms with E-state index in [0.29, 0.717) is 23.3 Å². The minimum atomic E-state index is -0.275. The van der Waals surface area contributed by atoms with Crippen LogP contribution in [0.5, 0.6) is 0 Å². The van der Waals surface area contributed by atoms with E-state index in [4.69, 9.17) is 4.42 Å². The van der Waals surface area contributed by atoms with Crippen molar-refractivity contribution in [3.05, 3.63) is 114 Å². The SMILES string of the molecule is O=C(NCc1ccccc1)c1coc(CSc2nnc(-c3ccccc3)n2-c2ccccc2)n1. The van der Waals surface area contributed by atoms with Crippen LogP contribution in [0.4, 0.5) is 0 Å². The molecular formula is C26H21N5O2S. The molecule has 2 heterocycles. The molecule has 0 atom stereocenters. The number of nitrogens with zero attached hydrogens (tertiary/aromatic N) is 4. The van der Waals surface area contributed by atoms with E-state index in [-0.39, 0.29) is 11.6 Å². The molecule has 2 aromatic heterocycles. The lowest BCUT2D eigenvalue weighted by molar-refractivity contribution is 0.0946. The van der Waals surface area contributed by atoms with Crippen LogP contribution >= 0.6 is 11.8 Å². The predicted molar refractivity (Wildman–Crippen MR) is 130 cm³/mol. The van der Waals surface area contributed by atoms with Gasteiger partial charge in [-0.3, -0.25) is 9.36 Å². The van der Waals surface area contributed by atoms with Gasteiger partial charge in [0.15, 0.2) is 16.7 Å². The van der Waals surface area contributed by atoms with Crippen molar-refractivity contribution < 1.29 is 9.21 Å². The molecule has 0 radical (unpaired) electrons. The molecule has 0 saturated heterocycles. The van der Waals surface area contributed by atoms with Crippen LogP contribution in [0.1, 0.15) is 21.9 Å². The number of carbonyl (C=O) groups is 1. The van der Waals surface area contributed by atoms with E-state index in [0.717, 1.165) is 22.6 Å². The van der Waals surface area contributed by atoms with Gasteiger partial charge in [-0.1, -0.05) is 90.6 Å². The Balaban J connectivity index is 1.31. The average Bonchev–Trinajstić information content (AvgIpc) is 3.55. The molecule has 5 aromatic rings. The Morgan fingerprint density at radius 3 is 2.29 bits per heavy atom. The van der Waals surface area contributed by atoms with Gasteiger partial charge in [-0.2, -0.15) is 0 Å². The van der Waals surface area contributed by atoms with Crippen LogP contribution in [0.2, 0.25) is 0 Å². The second-order valence-electron chi connectivity index (χ2n) is 7.43. The van der Waals surface area contributed by atoms with Gasteiger partial charge in [-0.25, -0.2) is 4.98 Å². The van der Waals surface area contributed by atoms with Crippen LogP contribution in [0.25, 0.3) is 17.1 Å². The Morgan fingerprint density at radius 2 is 1.56 bits per heavy atom. The topological polar surface area (TPSA) is 85.8 Å². The van der Waals surface area contributed by atoms with Gasteiger partial charge in [0.2, 0.25) is 5.89 Å². The third-order valence-corrected chi connectivity index (χ3v) is 6.00. The Kier molecular flexibility index (Phi) is 6.49. The van der Waals surface area contributed by atoms with Crippen molar-refractivity contribution in [2.45, 2.75) is 17.5 Å². The second-order valence-corrected chi connectivity index (χ2v) is 8.37. The average molecular weight is 468 g/mol. The molecule has 0 bridgehead atoms. The smallest absolute Gasteiger partial charge is 0.273 e. The Hall–Kier alpha value is -4.17. The fourth-order valence-electron chi connectivity index (χ4n) is 3.42. The highest BCUT2D eigenvalue weighted by atomic mass is 32.2. The number of para-hydroxylation sites is 1. The number of nitrogens with one attached hydrogen (secondary N) is 1. The van der Waals surface area contributed by atoms with Gasteiger partial charge in [-0.05, 0) is 17.7 Å². The van der Waals surface area contributed by atoms with E-state index in [2.05, 4.69) is 20.5 Å². The molecule has 1 N–H and O–H groups in total. The number of carbonyl (C=O) groups excluding carboxylic acids is 1. The van der Waals surface area contributed by atoms with E-state index >= 15 is 0 Å². The van der Waals surface area contributed by atoms with Gasteiger partial charge in [0.1, 0.15) is 6.26 Å². The zero-order chi connectivity index (χ0) is 23.2. The lowest BCUT2D eigenvalue weighted by Gasteiger charge is -2.09. The van der Waals surface area contributed by atoms with Crippen LogP contribution in [0.15, 0.2) is 107 Å². The van der Waals surface area contributed by atoms with Crippen molar-refractivity contribution in [3.8, 4) is 17.1 Å². The minimum Gasteiger partial charge on any atom is -0.447 e. The number of oxazole rings is 1. The molecule has 0 saturated carbocycles. The third kappa shape index (κ3) is 4.92. The highest BCUT2D eigenvalue weighted by Crippen LogP contribution is 2.29. The number of aromatic nitrogens is 4. The van der Waals surface area contributed by atoms with E-state index < -0.39 is 0 Å². The van der Waals surface area contributed by atoms with Crippen LogP contribution in [-0.2, 0) is 12.3 Å². The van der Waals surface area contributed by atoms with Crippen LogP contribution < -0.4 is 5.32 Å². The maximum absolute atomic E-state index is 12.4. The third-order valence-electron chi connectivity index (χ3n) is 5.08. The molecule has 8 heteroatoms. The molecule has 7 nitrogen and oxygen atoms in total. The number of hydrogen-bond donors (Lipinski definition) is 1. The maximum Gasteiger partial charge on any atom is 0.273 e. The first-order chi connectivity index (χ1) is 16.8. The summed E-state index contributed by atoms with van der Waals surface area (Å²) in [5.41, 5.74) is 3.20. The van der Waals surface area contributed by atoms with Crippen molar-refractivity contribution in [1.82, 2.24) is 25.1 Å². The Labute approximate surface area is 200 Å². The zero-order valence-electron chi connectivity index (χ0n) is 18.2. The fourth-order valence-corrected chi connectivity index (χ4v) is 4.23. The Morgan fingerprint density at radius 1 is 0.882 bits per heavy atom. The number of rotatable bonds is 8. The highest BCUT2D eigenvalue weighted by Gasteiger charge is 2.18. The molecule has 0 aliphatic heterocycles. The number of hydrogen-bond acceptors (Lipinski definition) is 6. The van der Waals surface area contributed by atoms with E-state index in [1.54, 1.807) is 0 Å². The summed E-state index contributed by atoms with van der Waals surface area (Å²) in [6.45, 7) is 0.430. The second kappa shape index (κ2) is 10.2. The Bertz CT molecular complexity index is 1370. The molecule has 0 fully saturated rings. The van der Waals surface area contributed by atoms with Crippen LogP contribution in [0.3, 0.4) is 0 Å². The number of thioether (sulfide) groups is 1. The summed E-state index contributed by atoms with van der Waals surface area (Å²) in [6.07, 6.45) is 1.38. The van der Waals surface area contributed by atoms with E-state index in [1.165, 1.54) is 18.0 Å². The van der Waals surface area contributed by atoms with Crippen molar-refractivity contribution in [1.29, 1.82) is 0 Å². The summed E-state index contributed by atoms with van der Waals surface area (Å²) < 4.78 is 7.56. The van der Waals surface area contributed by atoms with Crippen molar-refractivity contribution in [3.63, 3.8) is 0 Å². The quantitative estimate of drug-likeness (QED) is 0.318. The summed E-state index contributed by atoms with van der Waals surface area (Å²) in [7, 11) is 0. The fraction of sp³-hybridized carbons (Fsp3) is 0.0769. The summed E-state index contributed by atoms with van der Waals surface area (Å²) in [4.78, 5) is 16.8. The summed E-state index contributed by atoms with van der Waals surface area (Å²) in [5, 5.41) is 12.4. The molecule has 3 aromatic carbocycles. The first kappa shape index (κ1) is 21.7. The van der Waals surface area contributed by atoms with E-state index in [9.17, 15) is 4.79 Å². The molecule has 0 aliphatic rings. The van der Waals surface area contributed by atoms with E-state index in [1.807, 2.05) is 95.6 Å².